The Labute approximate surface area is 58.3 Å². The molecule has 0 aromatic carbocycles. The van der Waals surface area contributed by atoms with E-state index in [-0.39, 0.29) is 10.9 Å². The maximum atomic E-state index is 10.4. The molecule has 0 saturated carbocycles. The molecular weight excluding hydrogens is 136 g/mol. The average molecular weight is 144 g/mol. The lowest BCUT2D eigenvalue weighted by Crippen LogP contribution is -1.85. The molecule has 0 unspecified atom stereocenters. The summed E-state index contributed by atoms with van der Waals surface area (Å²) in [6.45, 7) is 1.41. The van der Waals surface area contributed by atoms with Gasteiger partial charge in [-0.15, -0.1) is 0 Å². The number of hydrogen-bond donors (Lipinski definition) is 0. The van der Waals surface area contributed by atoms with E-state index in [1.807, 2.05) is 0 Å². The highest BCUT2D eigenvalue weighted by atomic mass is 32.2. The van der Waals surface area contributed by atoms with Gasteiger partial charge < -0.3 is 0 Å². The van der Waals surface area contributed by atoms with Crippen LogP contribution in [0.25, 0.3) is 0 Å². The number of hydrogen-bond acceptors (Lipinski definition) is 3. The van der Waals surface area contributed by atoms with Gasteiger partial charge in [-0.2, -0.15) is 0 Å². The summed E-state index contributed by atoms with van der Waals surface area (Å²) in [6, 6.07) is 0. The van der Waals surface area contributed by atoms with Crippen LogP contribution in [0.2, 0.25) is 0 Å². The average Bonchev–Trinajstić information content (AvgIpc) is 1.83. The number of carbonyl (C=O) groups is 2. The predicted molar refractivity (Wildman–Crippen MR) is 38.3 cm³/mol. The zero-order chi connectivity index (χ0) is 7.28. The molecule has 0 aliphatic heterocycles. The molecule has 0 amide bonds. The van der Waals surface area contributed by atoms with Crippen molar-refractivity contribution in [3.05, 3.63) is 12.2 Å². The van der Waals surface area contributed by atoms with Gasteiger partial charge in [0.1, 0.15) is 0 Å². The third kappa shape index (κ3) is 5.30. The van der Waals surface area contributed by atoms with Crippen molar-refractivity contribution in [2.75, 3.05) is 6.26 Å². The second kappa shape index (κ2) is 4.32. The smallest absolute Gasteiger partial charge is 0.212 e. The van der Waals surface area contributed by atoms with Crippen LogP contribution in [0.15, 0.2) is 12.2 Å². The van der Waals surface area contributed by atoms with E-state index >= 15 is 0 Å². The van der Waals surface area contributed by atoms with E-state index in [4.69, 9.17) is 0 Å². The van der Waals surface area contributed by atoms with Crippen LogP contribution in [0.4, 0.5) is 0 Å². The molecular formula is C6H8O2S. The van der Waals surface area contributed by atoms with E-state index in [0.29, 0.717) is 0 Å². The molecule has 0 bridgehead atoms. The molecule has 0 aromatic heterocycles. The molecule has 9 heavy (non-hydrogen) atoms. The fraction of sp³-hybridized carbons (Fsp3) is 0.333. The van der Waals surface area contributed by atoms with Gasteiger partial charge in [0, 0.05) is 0 Å². The molecule has 2 nitrogen and oxygen atoms in total. The van der Waals surface area contributed by atoms with Gasteiger partial charge in [0.2, 0.25) is 5.12 Å². The largest absolute Gasteiger partial charge is 0.295 e. The van der Waals surface area contributed by atoms with Gasteiger partial charge in [-0.05, 0) is 25.3 Å². The van der Waals surface area contributed by atoms with E-state index in [9.17, 15) is 9.59 Å². The van der Waals surface area contributed by atoms with E-state index in [0.717, 1.165) is 11.8 Å². The highest BCUT2D eigenvalue weighted by molar-refractivity contribution is 8.13. The molecule has 0 rings (SSSR count). The van der Waals surface area contributed by atoms with Gasteiger partial charge in [-0.1, -0.05) is 11.8 Å². The van der Waals surface area contributed by atoms with Crippen LogP contribution in [-0.2, 0) is 9.59 Å². The number of thioether (sulfide) groups is 1. The quantitative estimate of drug-likeness (QED) is 0.543. The molecule has 50 valence electrons. The predicted octanol–water partition coefficient (Wildman–Crippen LogP) is 1.02. The normalized spacial score (nSPS) is 10.0. The van der Waals surface area contributed by atoms with Crippen molar-refractivity contribution in [2.24, 2.45) is 0 Å². The third-order valence-electron chi connectivity index (χ3n) is 0.655. The molecule has 3 heteroatoms. The minimum atomic E-state index is -0.0996. The molecule has 0 aromatic rings. The zero-order valence-electron chi connectivity index (χ0n) is 5.38. The number of allylic oxidation sites excluding steroid dienone is 1. The molecule has 0 saturated heterocycles. The second-order valence-corrected chi connectivity index (χ2v) is 2.28. The van der Waals surface area contributed by atoms with Crippen LogP contribution < -0.4 is 0 Å². The highest BCUT2D eigenvalue weighted by Gasteiger charge is 1.89. The zero-order valence-corrected chi connectivity index (χ0v) is 6.20. The Kier molecular flexibility index (Phi) is 4.05. The topological polar surface area (TPSA) is 34.1 Å². The minimum absolute atomic E-state index is 0.0924. The number of rotatable bonds is 2. The first-order valence-electron chi connectivity index (χ1n) is 2.43. The minimum Gasteiger partial charge on any atom is -0.295 e. The molecule has 0 aliphatic carbocycles. The van der Waals surface area contributed by atoms with Crippen LogP contribution in [-0.4, -0.2) is 17.2 Å². The van der Waals surface area contributed by atoms with Crippen LogP contribution in [0.3, 0.4) is 0 Å². The van der Waals surface area contributed by atoms with Crippen molar-refractivity contribution < 1.29 is 9.59 Å². The molecule has 0 fully saturated rings. The van der Waals surface area contributed by atoms with E-state index in [2.05, 4.69) is 0 Å². The van der Waals surface area contributed by atoms with Crippen molar-refractivity contribution in [3.8, 4) is 0 Å². The third-order valence-corrected chi connectivity index (χ3v) is 1.19. The monoisotopic (exact) mass is 144 g/mol. The van der Waals surface area contributed by atoms with Crippen LogP contribution in [0, 0.1) is 0 Å². The maximum absolute atomic E-state index is 10.4. The summed E-state index contributed by atoms with van der Waals surface area (Å²) >= 11 is 1.09. The number of ketones is 1. The molecule has 0 atom stereocenters. The summed E-state index contributed by atoms with van der Waals surface area (Å²) < 4.78 is 0. The Hall–Kier alpha value is -0.570. The van der Waals surface area contributed by atoms with Gasteiger partial charge in [0.15, 0.2) is 5.78 Å². The second-order valence-electron chi connectivity index (χ2n) is 1.47. The van der Waals surface area contributed by atoms with Crippen molar-refractivity contribution in [3.63, 3.8) is 0 Å². The van der Waals surface area contributed by atoms with Crippen molar-refractivity contribution in [1.82, 2.24) is 0 Å². The van der Waals surface area contributed by atoms with Gasteiger partial charge in [0.05, 0.1) is 0 Å². The standard InChI is InChI=1S/C6H8O2S/c1-5(7)3-4-6(8)9-2/h3-4H,1-2H3. The Morgan fingerprint density at radius 3 is 2.22 bits per heavy atom. The van der Waals surface area contributed by atoms with Crippen molar-refractivity contribution >= 4 is 22.7 Å². The Morgan fingerprint density at radius 2 is 1.89 bits per heavy atom. The Bertz CT molecular complexity index is 149. The molecule has 0 spiro atoms. The van der Waals surface area contributed by atoms with E-state index in [1.54, 1.807) is 6.26 Å². The van der Waals surface area contributed by atoms with Gasteiger partial charge in [-0.3, -0.25) is 9.59 Å². The summed E-state index contributed by atoms with van der Waals surface area (Å²) in [5.41, 5.74) is 0. The van der Waals surface area contributed by atoms with E-state index < -0.39 is 0 Å². The van der Waals surface area contributed by atoms with Crippen LogP contribution >= 0.6 is 11.8 Å². The van der Waals surface area contributed by atoms with Crippen LogP contribution in [0.1, 0.15) is 6.92 Å². The lowest BCUT2D eigenvalue weighted by Gasteiger charge is -1.80. The Balaban J connectivity index is 3.71. The summed E-state index contributed by atoms with van der Waals surface area (Å²) in [4.78, 5) is 20.7. The first-order chi connectivity index (χ1) is 4.16. The van der Waals surface area contributed by atoms with Gasteiger partial charge in [0.25, 0.3) is 0 Å². The lowest BCUT2D eigenvalue weighted by atomic mass is 10.4. The molecule has 0 heterocycles. The molecule has 0 radical (unpaired) electrons. The van der Waals surface area contributed by atoms with Crippen molar-refractivity contribution in [1.29, 1.82) is 0 Å². The summed E-state index contributed by atoms with van der Waals surface area (Å²) in [5, 5.41) is -0.0924. The van der Waals surface area contributed by atoms with Crippen LogP contribution in [0.5, 0.6) is 0 Å². The van der Waals surface area contributed by atoms with Gasteiger partial charge in [-0.25, -0.2) is 0 Å². The maximum Gasteiger partial charge on any atom is 0.212 e. The fourth-order valence-corrected chi connectivity index (χ4v) is 0.458. The highest BCUT2D eigenvalue weighted by Crippen LogP contribution is 1.94. The fourth-order valence-electron chi connectivity index (χ4n) is 0.253. The van der Waals surface area contributed by atoms with E-state index in [1.165, 1.54) is 19.1 Å². The van der Waals surface area contributed by atoms with Gasteiger partial charge >= 0.3 is 0 Å². The molecule has 0 N–H and O–H groups in total. The summed E-state index contributed by atoms with van der Waals surface area (Å²) in [7, 11) is 0. The Morgan fingerprint density at radius 1 is 1.33 bits per heavy atom. The first-order valence-corrected chi connectivity index (χ1v) is 3.66. The SMILES string of the molecule is CSC(=O)C=CC(C)=O. The number of carbonyl (C=O) groups excluding carboxylic acids is 2. The van der Waals surface area contributed by atoms with Crippen molar-refractivity contribution in [2.45, 2.75) is 6.92 Å². The summed E-state index contributed by atoms with van der Waals surface area (Å²) in [6.07, 6.45) is 4.21. The first kappa shape index (κ1) is 8.43. The summed E-state index contributed by atoms with van der Waals surface area (Å²) in [5.74, 6) is -0.0996. The lowest BCUT2D eigenvalue weighted by molar-refractivity contribution is -0.113. The molecule has 0 aliphatic rings.